The molecule has 2 rings (SSSR count). The smallest absolute Gasteiger partial charge is 0.371 e. The van der Waals surface area contributed by atoms with E-state index in [1.54, 1.807) is 0 Å². The highest BCUT2D eigenvalue weighted by atomic mass is 32.2. The van der Waals surface area contributed by atoms with Gasteiger partial charge < -0.3 is 14.6 Å². The first-order valence-electron chi connectivity index (χ1n) is 6.39. The number of hydrogen-bond acceptors (Lipinski definition) is 5. The zero-order valence-corrected chi connectivity index (χ0v) is 11.6. The van der Waals surface area contributed by atoms with Crippen molar-refractivity contribution >= 4 is 16.0 Å². The number of sulfonamides is 1. The third-order valence-electron chi connectivity index (χ3n) is 3.44. The summed E-state index contributed by atoms with van der Waals surface area (Å²) in [4.78, 5) is 10.6. The van der Waals surface area contributed by atoms with E-state index in [0.717, 1.165) is 25.0 Å². The van der Waals surface area contributed by atoms with Crippen LogP contribution in [0.5, 0.6) is 0 Å². The van der Waals surface area contributed by atoms with Gasteiger partial charge in [0.05, 0.1) is 6.10 Å². The molecule has 1 fully saturated rings. The van der Waals surface area contributed by atoms with Crippen LogP contribution in [0.15, 0.2) is 21.6 Å². The van der Waals surface area contributed by atoms with E-state index in [0.29, 0.717) is 12.8 Å². The lowest BCUT2D eigenvalue weighted by atomic mass is 9.88. The fourth-order valence-electron chi connectivity index (χ4n) is 2.23. The van der Waals surface area contributed by atoms with Crippen LogP contribution in [-0.2, 0) is 10.0 Å². The minimum absolute atomic E-state index is 0.182. The highest BCUT2D eigenvalue weighted by Crippen LogP contribution is 2.24. The SMILES string of the molecule is O=C(O)c1ccc(S(=O)(=O)NCC2CCC(O)CC2)o1. The van der Waals surface area contributed by atoms with Gasteiger partial charge in [0.15, 0.2) is 0 Å². The molecule has 1 aromatic rings. The summed E-state index contributed by atoms with van der Waals surface area (Å²) in [5.74, 6) is -1.54. The number of carboxylic acids is 1. The molecule has 0 unspecified atom stereocenters. The van der Waals surface area contributed by atoms with Gasteiger partial charge >= 0.3 is 5.97 Å². The molecule has 0 bridgehead atoms. The number of carboxylic acid groups (broad SMARTS) is 1. The van der Waals surface area contributed by atoms with Crippen LogP contribution in [0.1, 0.15) is 36.2 Å². The first kappa shape index (κ1) is 15.0. The molecular formula is C12H17NO6S. The second-order valence-corrected chi connectivity index (χ2v) is 6.65. The standard InChI is InChI=1S/C12H17NO6S/c14-9-3-1-8(2-4-9)7-13-20(17,18)11-6-5-10(19-11)12(15)16/h5-6,8-9,13-14H,1-4,7H2,(H,15,16). The zero-order valence-electron chi connectivity index (χ0n) is 10.8. The molecule has 1 aliphatic carbocycles. The Hall–Kier alpha value is -1.38. The van der Waals surface area contributed by atoms with E-state index in [9.17, 15) is 18.3 Å². The molecule has 1 aliphatic rings. The van der Waals surface area contributed by atoms with E-state index in [1.807, 2.05) is 0 Å². The number of nitrogens with one attached hydrogen (secondary N) is 1. The van der Waals surface area contributed by atoms with Crippen molar-refractivity contribution in [3.8, 4) is 0 Å². The molecule has 1 aromatic heterocycles. The van der Waals surface area contributed by atoms with Crippen molar-refractivity contribution < 1.29 is 27.8 Å². The number of furan rings is 1. The highest BCUT2D eigenvalue weighted by molar-refractivity contribution is 7.89. The topological polar surface area (TPSA) is 117 Å². The second kappa shape index (κ2) is 5.94. The monoisotopic (exact) mass is 303 g/mol. The van der Waals surface area contributed by atoms with E-state index in [4.69, 9.17) is 9.52 Å². The molecule has 0 spiro atoms. The zero-order chi connectivity index (χ0) is 14.8. The Morgan fingerprint density at radius 3 is 2.50 bits per heavy atom. The first-order chi connectivity index (χ1) is 9.38. The second-order valence-electron chi connectivity index (χ2n) is 4.95. The maximum Gasteiger partial charge on any atom is 0.371 e. The Morgan fingerprint density at radius 2 is 1.95 bits per heavy atom. The third kappa shape index (κ3) is 3.59. The van der Waals surface area contributed by atoms with Crippen LogP contribution in [0, 0.1) is 5.92 Å². The molecule has 0 aromatic carbocycles. The first-order valence-corrected chi connectivity index (χ1v) is 7.87. The average Bonchev–Trinajstić information content (AvgIpc) is 2.89. The van der Waals surface area contributed by atoms with Crippen LogP contribution < -0.4 is 4.72 Å². The third-order valence-corrected chi connectivity index (χ3v) is 4.73. The number of aliphatic hydroxyl groups is 1. The largest absolute Gasteiger partial charge is 0.475 e. The van der Waals surface area contributed by atoms with Crippen molar-refractivity contribution in [2.45, 2.75) is 36.9 Å². The molecule has 0 saturated heterocycles. The minimum atomic E-state index is -3.83. The van der Waals surface area contributed by atoms with Crippen molar-refractivity contribution in [1.29, 1.82) is 0 Å². The summed E-state index contributed by atoms with van der Waals surface area (Å²) in [6, 6.07) is 2.23. The van der Waals surface area contributed by atoms with Crippen molar-refractivity contribution in [3.05, 3.63) is 17.9 Å². The number of carbonyl (C=O) groups is 1. The summed E-state index contributed by atoms with van der Waals surface area (Å²) in [5.41, 5.74) is 0. The molecule has 7 nitrogen and oxygen atoms in total. The highest BCUT2D eigenvalue weighted by Gasteiger charge is 2.24. The summed E-state index contributed by atoms with van der Waals surface area (Å²) in [5, 5.41) is 17.7. The van der Waals surface area contributed by atoms with Gasteiger partial charge in [-0.15, -0.1) is 0 Å². The van der Waals surface area contributed by atoms with E-state index in [2.05, 4.69) is 4.72 Å². The molecule has 0 amide bonds. The van der Waals surface area contributed by atoms with Gasteiger partial charge in [0, 0.05) is 6.54 Å². The van der Waals surface area contributed by atoms with Crippen LogP contribution in [0.3, 0.4) is 0 Å². The lowest BCUT2D eigenvalue weighted by Gasteiger charge is -2.25. The van der Waals surface area contributed by atoms with Gasteiger partial charge in [0.2, 0.25) is 10.9 Å². The fourth-order valence-corrected chi connectivity index (χ4v) is 3.27. The molecular weight excluding hydrogens is 286 g/mol. The molecule has 8 heteroatoms. The van der Waals surface area contributed by atoms with E-state index >= 15 is 0 Å². The Kier molecular flexibility index (Phi) is 4.46. The molecule has 1 heterocycles. The Labute approximate surface area is 116 Å². The van der Waals surface area contributed by atoms with Crippen molar-refractivity contribution in [1.82, 2.24) is 4.72 Å². The van der Waals surface area contributed by atoms with Gasteiger partial charge in [-0.3, -0.25) is 0 Å². The molecule has 1 saturated carbocycles. The lowest BCUT2D eigenvalue weighted by molar-refractivity contribution is 0.0656. The van der Waals surface area contributed by atoms with Crippen LogP contribution >= 0.6 is 0 Å². The van der Waals surface area contributed by atoms with Crippen molar-refractivity contribution in [2.75, 3.05) is 6.54 Å². The van der Waals surface area contributed by atoms with Crippen LogP contribution in [0.4, 0.5) is 0 Å². The Bertz CT molecular complexity index is 571. The molecule has 0 radical (unpaired) electrons. The molecule has 112 valence electrons. The summed E-state index contributed by atoms with van der Waals surface area (Å²) in [7, 11) is -3.83. The van der Waals surface area contributed by atoms with Crippen LogP contribution in [0.25, 0.3) is 0 Å². The van der Waals surface area contributed by atoms with E-state index in [1.165, 1.54) is 0 Å². The average molecular weight is 303 g/mol. The number of aliphatic hydroxyl groups excluding tert-OH is 1. The van der Waals surface area contributed by atoms with Gasteiger partial charge in [0.25, 0.3) is 10.0 Å². The number of rotatable bonds is 5. The number of hydrogen-bond donors (Lipinski definition) is 3. The predicted molar refractivity (Wildman–Crippen MR) is 68.8 cm³/mol. The molecule has 3 N–H and O–H groups in total. The summed E-state index contributed by atoms with van der Waals surface area (Å²) in [6.07, 6.45) is 2.60. The van der Waals surface area contributed by atoms with Gasteiger partial charge in [-0.25, -0.2) is 17.9 Å². The quantitative estimate of drug-likeness (QED) is 0.741. The Balaban J connectivity index is 1.95. The fraction of sp³-hybridized carbons (Fsp3) is 0.583. The van der Waals surface area contributed by atoms with Gasteiger partial charge in [-0.05, 0) is 43.7 Å². The van der Waals surface area contributed by atoms with E-state index < -0.39 is 26.8 Å². The van der Waals surface area contributed by atoms with Crippen LogP contribution in [0.2, 0.25) is 0 Å². The normalized spacial score (nSPS) is 23.6. The lowest BCUT2D eigenvalue weighted by Crippen LogP contribution is -2.32. The van der Waals surface area contributed by atoms with Gasteiger partial charge in [-0.1, -0.05) is 0 Å². The minimum Gasteiger partial charge on any atom is -0.475 e. The Morgan fingerprint density at radius 1 is 1.30 bits per heavy atom. The van der Waals surface area contributed by atoms with Crippen LogP contribution in [-0.4, -0.2) is 37.2 Å². The van der Waals surface area contributed by atoms with Gasteiger partial charge in [-0.2, -0.15) is 0 Å². The molecule has 0 atom stereocenters. The maximum absolute atomic E-state index is 11.9. The summed E-state index contributed by atoms with van der Waals surface area (Å²) >= 11 is 0. The van der Waals surface area contributed by atoms with Crippen molar-refractivity contribution in [3.63, 3.8) is 0 Å². The number of aromatic carboxylic acids is 1. The molecule has 20 heavy (non-hydrogen) atoms. The maximum atomic E-state index is 11.9. The summed E-state index contributed by atoms with van der Waals surface area (Å²) < 4.78 is 31.0. The van der Waals surface area contributed by atoms with Crippen molar-refractivity contribution in [2.24, 2.45) is 5.92 Å². The predicted octanol–water partition coefficient (Wildman–Crippen LogP) is 0.807. The van der Waals surface area contributed by atoms with E-state index in [-0.39, 0.29) is 18.6 Å². The summed E-state index contributed by atoms with van der Waals surface area (Å²) in [6.45, 7) is 0.262. The molecule has 0 aliphatic heterocycles. The van der Waals surface area contributed by atoms with Gasteiger partial charge in [0.1, 0.15) is 0 Å².